The average molecular weight is 368 g/mol. The molecule has 140 valence electrons. The topological polar surface area (TPSA) is 60.3 Å². The van der Waals surface area contributed by atoms with Crippen LogP contribution in [0.2, 0.25) is 0 Å². The van der Waals surface area contributed by atoms with E-state index in [2.05, 4.69) is 97.3 Å². The molecule has 1 aliphatic heterocycles. The standard InChI is InChI=1S/C24H24N4/c1-14-9-19-11-17-6-5-15(25-17)10-16-7-8-18(26-16)12-21-20(24(2,3)4)13-22(28-21)23(14)27-19/h5-13,25,27-28H,1-4H3. The van der Waals surface area contributed by atoms with Gasteiger partial charge in [-0.05, 0) is 78.1 Å². The maximum atomic E-state index is 4.77. The SMILES string of the molecule is Cc1cc2cc3ccc(cc4nc(cc5[nH]c(cc5C(C)(C)C)c1[nH]2)C=C4)[nH]3. The molecule has 4 aromatic heterocycles. The molecule has 0 amide bonds. The zero-order valence-corrected chi connectivity index (χ0v) is 16.6. The van der Waals surface area contributed by atoms with Gasteiger partial charge in [-0.1, -0.05) is 20.8 Å². The summed E-state index contributed by atoms with van der Waals surface area (Å²) in [6, 6.07) is 15.0. The van der Waals surface area contributed by atoms with Crippen LogP contribution < -0.4 is 0 Å². The summed E-state index contributed by atoms with van der Waals surface area (Å²) in [6.07, 6.45) is 4.13. The van der Waals surface area contributed by atoms with Crippen molar-refractivity contribution in [3.05, 3.63) is 65.0 Å². The molecule has 28 heavy (non-hydrogen) atoms. The van der Waals surface area contributed by atoms with E-state index < -0.39 is 0 Å². The van der Waals surface area contributed by atoms with E-state index in [1.807, 2.05) is 0 Å². The Labute approximate surface area is 163 Å². The minimum atomic E-state index is 0.0294. The first kappa shape index (κ1) is 16.9. The summed E-state index contributed by atoms with van der Waals surface area (Å²) < 4.78 is 0. The molecule has 1 aliphatic rings. The second-order valence-electron chi connectivity index (χ2n) is 8.64. The highest BCUT2D eigenvalue weighted by Gasteiger charge is 2.18. The van der Waals surface area contributed by atoms with Gasteiger partial charge in [0.2, 0.25) is 0 Å². The van der Waals surface area contributed by atoms with Gasteiger partial charge in [-0.25, -0.2) is 4.98 Å². The zero-order chi connectivity index (χ0) is 19.5. The highest BCUT2D eigenvalue weighted by molar-refractivity contribution is 5.86. The second-order valence-corrected chi connectivity index (χ2v) is 8.64. The van der Waals surface area contributed by atoms with Gasteiger partial charge >= 0.3 is 0 Å². The van der Waals surface area contributed by atoms with Crippen molar-refractivity contribution in [3.63, 3.8) is 0 Å². The number of aryl methyl sites for hydroxylation is 1. The summed E-state index contributed by atoms with van der Waals surface area (Å²) in [4.78, 5) is 15.4. The molecule has 0 unspecified atom stereocenters. The zero-order valence-electron chi connectivity index (χ0n) is 16.6. The summed E-state index contributed by atoms with van der Waals surface area (Å²) in [6.45, 7) is 8.88. The number of aromatic amines is 3. The third-order valence-electron chi connectivity index (χ3n) is 5.28. The number of aromatic nitrogens is 4. The number of hydrogen-bond acceptors (Lipinski definition) is 1. The molecule has 0 radical (unpaired) electrons. The van der Waals surface area contributed by atoms with Crippen LogP contribution in [0, 0.1) is 6.92 Å². The summed E-state index contributed by atoms with van der Waals surface area (Å²) in [7, 11) is 0. The van der Waals surface area contributed by atoms with E-state index in [1.165, 1.54) is 11.1 Å². The Kier molecular flexibility index (Phi) is 3.53. The van der Waals surface area contributed by atoms with Crippen LogP contribution >= 0.6 is 0 Å². The maximum absolute atomic E-state index is 4.77. The number of fused-ring (bicyclic) bond motifs is 9. The van der Waals surface area contributed by atoms with E-state index in [4.69, 9.17) is 4.98 Å². The van der Waals surface area contributed by atoms with Gasteiger partial charge in [0.15, 0.2) is 0 Å². The first-order chi connectivity index (χ1) is 13.3. The molecule has 0 saturated carbocycles. The highest BCUT2D eigenvalue weighted by atomic mass is 14.8. The molecular formula is C24H24N4. The van der Waals surface area contributed by atoms with E-state index in [0.29, 0.717) is 0 Å². The summed E-state index contributed by atoms with van der Waals surface area (Å²) in [5, 5.41) is 0. The number of rotatable bonds is 0. The van der Waals surface area contributed by atoms with E-state index >= 15 is 0 Å². The lowest BCUT2D eigenvalue weighted by Gasteiger charge is -2.16. The van der Waals surface area contributed by atoms with E-state index in [-0.39, 0.29) is 5.41 Å². The Balaban J connectivity index is 1.96. The fourth-order valence-electron chi connectivity index (χ4n) is 3.91. The predicted molar refractivity (Wildman–Crippen MR) is 119 cm³/mol. The van der Waals surface area contributed by atoms with Gasteiger partial charge in [0, 0.05) is 22.1 Å². The minimum Gasteiger partial charge on any atom is -0.355 e. The molecule has 4 heteroatoms. The van der Waals surface area contributed by atoms with Crippen molar-refractivity contribution >= 4 is 45.3 Å². The highest BCUT2D eigenvalue weighted by Crippen LogP contribution is 2.30. The third-order valence-corrected chi connectivity index (χ3v) is 5.28. The molecule has 0 aliphatic carbocycles. The van der Waals surface area contributed by atoms with Crippen LogP contribution in [-0.2, 0) is 5.41 Å². The fraction of sp³-hybridized carbons (Fsp3) is 0.208. The molecular weight excluding hydrogens is 344 g/mol. The van der Waals surface area contributed by atoms with Crippen molar-refractivity contribution < 1.29 is 0 Å². The predicted octanol–water partition coefficient (Wildman–Crippen LogP) is 6.30. The van der Waals surface area contributed by atoms with Gasteiger partial charge in [-0.15, -0.1) is 0 Å². The average Bonchev–Trinajstić information content (AvgIpc) is 3.36. The van der Waals surface area contributed by atoms with Gasteiger partial charge in [0.1, 0.15) is 0 Å². The first-order valence-corrected chi connectivity index (χ1v) is 9.66. The molecule has 4 aromatic rings. The lowest BCUT2D eigenvalue weighted by atomic mass is 9.87. The molecule has 0 fully saturated rings. The molecule has 8 bridgehead atoms. The summed E-state index contributed by atoms with van der Waals surface area (Å²) in [5.74, 6) is 0. The van der Waals surface area contributed by atoms with Gasteiger partial charge < -0.3 is 15.0 Å². The van der Waals surface area contributed by atoms with Crippen LogP contribution in [0.1, 0.15) is 43.3 Å². The first-order valence-electron chi connectivity index (χ1n) is 9.66. The Bertz CT molecular complexity index is 1350. The summed E-state index contributed by atoms with van der Waals surface area (Å²) in [5.41, 5.74) is 11.0. The van der Waals surface area contributed by atoms with E-state index in [1.54, 1.807) is 0 Å². The molecule has 5 rings (SSSR count). The van der Waals surface area contributed by atoms with Crippen molar-refractivity contribution in [2.24, 2.45) is 0 Å². The molecule has 0 aromatic carbocycles. The van der Waals surface area contributed by atoms with Crippen LogP contribution in [0.4, 0.5) is 0 Å². The molecule has 0 spiro atoms. The van der Waals surface area contributed by atoms with Crippen LogP contribution in [0.15, 0.2) is 42.5 Å². The van der Waals surface area contributed by atoms with Crippen LogP contribution in [0.25, 0.3) is 45.3 Å². The second kappa shape index (κ2) is 5.86. The summed E-state index contributed by atoms with van der Waals surface area (Å²) >= 11 is 0. The smallest absolute Gasteiger partial charge is 0.0658 e. The van der Waals surface area contributed by atoms with Gasteiger partial charge in [-0.3, -0.25) is 0 Å². The van der Waals surface area contributed by atoms with Crippen molar-refractivity contribution in [1.29, 1.82) is 0 Å². The van der Waals surface area contributed by atoms with E-state index in [9.17, 15) is 0 Å². The minimum absolute atomic E-state index is 0.0294. The van der Waals surface area contributed by atoms with Crippen LogP contribution in [0.5, 0.6) is 0 Å². The monoisotopic (exact) mass is 368 g/mol. The Morgan fingerprint density at radius 2 is 1.43 bits per heavy atom. The van der Waals surface area contributed by atoms with Crippen molar-refractivity contribution in [1.82, 2.24) is 19.9 Å². The van der Waals surface area contributed by atoms with Crippen molar-refractivity contribution in [2.75, 3.05) is 0 Å². The maximum Gasteiger partial charge on any atom is 0.0658 e. The van der Waals surface area contributed by atoms with Gasteiger partial charge in [0.25, 0.3) is 0 Å². The lowest BCUT2D eigenvalue weighted by molar-refractivity contribution is 0.597. The molecule has 0 saturated heterocycles. The molecule has 5 heterocycles. The number of nitrogens with zero attached hydrogens (tertiary/aromatic N) is 1. The Hall–Kier alpha value is -3.27. The van der Waals surface area contributed by atoms with E-state index in [0.717, 1.165) is 44.5 Å². The van der Waals surface area contributed by atoms with Gasteiger partial charge in [0.05, 0.1) is 22.4 Å². The third kappa shape index (κ3) is 2.91. The van der Waals surface area contributed by atoms with Gasteiger partial charge in [-0.2, -0.15) is 0 Å². The molecule has 3 N–H and O–H groups in total. The number of hydrogen-bond donors (Lipinski definition) is 3. The number of nitrogens with one attached hydrogen (secondary N) is 3. The van der Waals surface area contributed by atoms with Crippen LogP contribution in [-0.4, -0.2) is 19.9 Å². The van der Waals surface area contributed by atoms with Crippen molar-refractivity contribution in [3.8, 4) is 0 Å². The lowest BCUT2D eigenvalue weighted by Crippen LogP contribution is -2.09. The number of H-pyrrole nitrogens is 3. The Morgan fingerprint density at radius 1 is 0.714 bits per heavy atom. The largest absolute Gasteiger partial charge is 0.355 e. The molecule has 0 atom stereocenters. The fourth-order valence-corrected chi connectivity index (χ4v) is 3.91. The Morgan fingerprint density at radius 3 is 2.18 bits per heavy atom. The molecule has 4 nitrogen and oxygen atoms in total. The quantitative estimate of drug-likeness (QED) is 0.295. The normalized spacial score (nSPS) is 12.9. The van der Waals surface area contributed by atoms with Crippen LogP contribution in [0.3, 0.4) is 0 Å². The van der Waals surface area contributed by atoms with Crippen molar-refractivity contribution in [2.45, 2.75) is 33.1 Å².